The molecule has 0 radical (unpaired) electrons. The molecule has 2 aromatic rings. The van der Waals surface area contributed by atoms with Gasteiger partial charge in [-0.3, -0.25) is 9.59 Å². The van der Waals surface area contributed by atoms with Crippen LogP contribution in [0.2, 0.25) is 9.36 Å². The maximum atomic E-state index is 13.0. The molecule has 1 fully saturated rings. The number of nitrogens with zero attached hydrogens (tertiary/aromatic N) is 3. The fourth-order valence-corrected chi connectivity index (χ4v) is 5.11. The van der Waals surface area contributed by atoms with Crippen molar-refractivity contribution in [3.8, 4) is 0 Å². The second kappa shape index (κ2) is 7.05. The second-order valence-electron chi connectivity index (χ2n) is 6.88. The van der Waals surface area contributed by atoms with Crippen molar-refractivity contribution in [2.45, 2.75) is 18.3 Å². The van der Waals surface area contributed by atoms with E-state index in [0.29, 0.717) is 34.0 Å². The van der Waals surface area contributed by atoms with Crippen molar-refractivity contribution >= 4 is 52.0 Å². The van der Waals surface area contributed by atoms with Crippen LogP contribution in [0.25, 0.3) is 0 Å². The Bertz CT molecular complexity index is 919. The number of benzene rings is 1. The number of carbonyl (C=O) groups is 2. The third-order valence-corrected chi connectivity index (χ3v) is 6.60. The van der Waals surface area contributed by atoms with E-state index in [4.69, 9.17) is 23.2 Å². The number of aliphatic hydroxyl groups is 1. The zero-order valence-corrected chi connectivity index (χ0v) is 16.6. The van der Waals surface area contributed by atoms with Gasteiger partial charge in [-0.1, -0.05) is 23.2 Å². The lowest BCUT2D eigenvalue weighted by Crippen LogP contribution is -2.41. The van der Waals surface area contributed by atoms with Gasteiger partial charge in [-0.15, -0.1) is 11.3 Å². The van der Waals surface area contributed by atoms with E-state index in [1.165, 1.54) is 11.3 Å². The van der Waals surface area contributed by atoms with Gasteiger partial charge in [0.25, 0.3) is 0 Å². The van der Waals surface area contributed by atoms with Gasteiger partial charge in [-0.05, 0) is 30.2 Å². The highest BCUT2D eigenvalue weighted by Crippen LogP contribution is 2.47. The maximum Gasteiger partial charge on any atom is 0.248 e. The molecule has 2 amide bonds. The number of carbonyl (C=O) groups excluding carboxylic acids is 2. The van der Waals surface area contributed by atoms with E-state index in [0.717, 1.165) is 17.7 Å². The lowest BCUT2D eigenvalue weighted by atomic mass is 9.81. The first-order chi connectivity index (χ1) is 12.9. The van der Waals surface area contributed by atoms with E-state index in [2.05, 4.69) is 4.98 Å². The highest BCUT2D eigenvalue weighted by Gasteiger charge is 2.49. The van der Waals surface area contributed by atoms with Crippen molar-refractivity contribution in [3.63, 3.8) is 0 Å². The van der Waals surface area contributed by atoms with Gasteiger partial charge in [-0.25, -0.2) is 4.98 Å². The molecule has 1 aromatic carbocycles. The highest BCUT2D eigenvalue weighted by molar-refractivity contribution is 7.15. The number of thiazole rings is 1. The number of halogens is 2. The summed E-state index contributed by atoms with van der Waals surface area (Å²) in [5.74, 6) is -0.356. The van der Waals surface area contributed by atoms with Gasteiger partial charge < -0.3 is 14.9 Å². The van der Waals surface area contributed by atoms with Gasteiger partial charge >= 0.3 is 0 Å². The molecule has 0 saturated carbocycles. The van der Waals surface area contributed by atoms with Crippen LogP contribution in [-0.2, 0) is 21.4 Å². The van der Waals surface area contributed by atoms with E-state index in [1.807, 2.05) is 12.1 Å². The zero-order chi connectivity index (χ0) is 19.2. The lowest BCUT2D eigenvalue weighted by Gasteiger charge is -2.25. The third-order valence-electron chi connectivity index (χ3n) is 5.25. The SMILES string of the molecule is O=C(CO)N1CC[C@@]2(C1)CN(C(=O)Cc1ncc(Cl)s1)c1ccc(Cl)cc12. The van der Waals surface area contributed by atoms with Crippen LogP contribution < -0.4 is 4.90 Å². The molecule has 0 unspecified atom stereocenters. The molecule has 2 aliphatic rings. The van der Waals surface area contributed by atoms with Crippen LogP contribution >= 0.6 is 34.5 Å². The van der Waals surface area contributed by atoms with Crippen molar-refractivity contribution in [3.05, 3.63) is 44.3 Å². The van der Waals surface area contributed by atoms with Gasteiger partial charge in [0.1, 0.15) is 16.0 Å². The molecule has 1 spiro atoms. The molecular weight excluding hydrogens is 409 g/mol. The first kappa shape index (κ1) is 18.7. The minimum absolute atomic E-state index is 0.0617. The number of fused-ring (bicyclic) bond motifs is 2. The molecule has 27 heavy (non-hydrogen) atoms. The average Bonchev–Trinajstić information content (AvgIpc) is 3.34. The smallest absolute Gasteiger partial charge is 0.248 e. The molecule has 1 N–H and O–H groups in total. The molecule has 1 aromatic heterocycles. The highest BCUT2D eigenvalue weighted by atomic mass is 35.5. The Hall–Kier alpha value is -1.67. The normalized spacial score (nSPS) is 21.1. The fourth-order valence-electron chi connectivity index (χ4n) is 3.99. The number of hydrogen-bond donors (Lipinski definition) is 1. The standard InChI is InChI=1S/C18H17Cl2N3O3S/c19-11-1-2-13-12(5-11)18(3-4-22(9-18)17(26)8-24)10-23(13)16(25)6-15-21-7-14(20)27-15/h1-2,5,7,24H,3-4,6,8-10H2/t18-/m1/s1. The number of aliphatic hydroxyl groups excluding tert-OH is 1. The third kappa shape index (κ3) is 3.33. The molecule has 3 heterocycles. The molecule has 1 atom stereocenters. The lowest BCUT2D eigenvalue weighted by molar-refractivity contribution is -0.133. The minimum atomic E-state index is -0.508. The molecule has 1 saturated heterocycles. The maximum absolute atomic E-state index is 13.0. The summed E-state index contributed by atoms with van der Waals surface area (Å²) in [6.07, 6.45) is 2.44. The summed E-state index contributed by atoms with van der Waals surface area (Å²) in [6.45, 7) is 0.990. The largest absolute Gasteiger partial charge is 0.387 e. The summed E-state index contributed by atoms with van der Waals surface area (Å²) < 4.78 is 0.553. The Morgan fingerprint density at radius 2 is 2.07 bits per heavy atom. The van der Waals surface area contributed by atoms with Crippen molar-refractivity contribution in [2.75, 3.05) is 31.1 Å². The molecule has 0 aliphatic carbocycles. The average molecular weight is 426 g/mol. The number of rotatable bonds is 3. The summed E-state index contributed by atoms with van der Waals surface area (Å²) >= 11 is 13.4. The summed E-state index contributed by atoms with van der Waals surface area (Å²) in [5.41, 5.74) is 1.44. The predicted molar refractivity (Wildman–Crippen MR) is 105 cm³/mol. The Kier molecular flexibility index (Phi) is 4.88. The Balaban J connectivity index is 1.64. The van der Waals surface area contributed by atoms with Crippen molar-refractivity contribution in [1.29, 1.82) is 0 Å². The van der Waals surface area contributed by atoms with Crippen molar-refractivity contribution < 1.29 is 14.7 Å². The van der Waals surface area contributed by atoms with Crippen LogP contribution in [0.3, 0.4) is 0 Å². The Morgan fingerprint density at radius 1 is 1.26 bits per heavy atom. The molecule has 4 rings (SSSR count). The van der Waals surface area contributed by atoms with Crippen LogP contribution in [0.1, 0.15) is 17.0 Å². The van der Waals surface area contributed by atoms with E-state index in [9.17, 15) is 14.7 Å². The van der Waals surface area contributed by atoms with E-state index in [1.54, 1.807) is 22.1 Å². The van der Waals surface area contributed by atoms with E-state index >= 15 is 0 Å². The van der Waals surface area contributed by atoms with Gasteiger partial charge in [0.15, 0.2) is 0 Å². The summed E-state index contributed by atoms with van der Waals surface area (Å²) in [6, 6.07) is 5.51. The fraction of sp³-hybridized carbons (Fsp3) is 0.389. The van der Waals surface area contributed by atoms with Crippen LogP contribution in [0, 0.1) is 0 Å². The quantitative estimate of drug-likeness (QED) is 0.819. The summed E-state index contributed by atoms with van der Waals surface area (Å²) in [5, 5.41) is 10.4. The monoisotopic (exact) mass is 425 g/mol. The van der Waals surface area contributed by atoms with Crippen LogP contribution in [0.15, 0.2) is 24.4 Å². The number of hydrogen-bond acceptors (Lipinski definition) is 5. The molecule has 9 heteroatoms. The summed E-state index contributed by atoms with van der Waals surface area (Å²) in [4.78, 5) is 32.5. The van der Waals surface area contributed by atoms with Gasteiger partial charge in [0.05, 0.1) is 12.6 Å². The zero-order valence-electron chi connectivity index (χ0n) is 14.3. The van der Waals surface area contributed by atoms with Crippen LogP contribution in [0.5, 0.6) is 0 Å². The van der Waals surface area contributed by atoms with Gasteiger partial charge in [0, 0.05) is 35.8 Å². The van der Waals surface area contributed by atoms with E-state index < -0.39 is 6.61 Å². The minimum Gasteiger partial charge on any atom is -0.387 e. The number of anilines is 1. The van der Waals surface area contributed by atoms with E-state index in [-0.39, 0.29) is 23.7 Å². The number of aromatic nitrogens is 1. The van der Waals surface area contributed by atoms with Crippen molar-refractivity contribution in [2.24, 2.45) is 0 Å². The Morgan fingerprint density at radius 3 is 2.78 bits per heavy atom. The first-order valence-electron chi connectivity index (χ1n) is 8.51. The number of likely N-dealkylation sites (tertiary alicyclic amines) is 1. The van der Waals surface area contributed by atoms with Crippen molar-refractivity contribution in [1.82, 2.24) is 9.88 Å². The van der Waals surface area contributed by atoms with Gasteiger partial charge in [0.2, 0.25) is 11.8 Å². The molecular formula is C18H17Cl2N3O3S. The van der Waals surface area contributed by atoms with Crippen LogP contribution in [0.4, 0.5) is 5.69 Å². The van der Waals surface area contributed by atoms with Gasteiger partial charge in [-0.2, -0.15) is 0 Å². The van der Waals surface area contributed by atoms with Crippen LogP contribution in [-0.4, -0.2) is 53.0 Å². The Labute approximate surface area is 170 Å². The number of amides is 2. The molecule has 6 nitrogen and oxygen atoms in total. The molecule has 0 bridgehead atoms. The second-order valence-corrected chi connectivity index (χ2v) is 9.06. The topological polar surface area (TPSA) is 73.7 Å². The first-order valence-corrected chi connectivity index (χ1v) is 10.1. The molecule has 142 valence electrons. The predicted octanol–water partition coefficient (Wildman–Crippen LogP) is 2.50. The summed E-state index contributed by atoms with van der Waals surface area (Å²) in [7, 11) is 0. The molecule has 2 aliphatic heterocycles.